The monoisotopic (exact) mass is 187 g/mol. The maximum atomic E-state index is 8.65. The summed E-state index contributed by atoms with van der Waals surface area (Å²) in [5.74, 6) is 0.668. The first-order valence-corrected chi connectivity index (χ1v) is 5.24. The second-order valence-corrected chi connectivity index (χ2v) is 3.82. The van der Waals surface area contributed by atoms with Crippen LogP contribution in [0.4, 0.5) is 0 Å². The van der Waals surface area contributed by atoms with Crippen molar-refractivity contribution in [3.05, 3.63) is 0 Å². The minimum absolute atomic E-state index is 0.0881. The second-order valence-electron chi connectivity index (χ2n) is 3.82. The molecule has 3 N–H and O–H groups in total. The lowest BCUT2D eigenvalue weighted by molar-refractivity contribution is -0.0619. The fraction of sp³-hybridized carbons (Fsp3) is 1.00. The Morgan fingerprint density at radius 3 is 2.62 bits per heavy atom. The Balaban J connectivity index is 2.35. The normalized spacial score (nSPS) is 21.5. The molecule has 1 saturated carbocycles. The highest BCUT2D eigenvalue weighted by Crippen LogP contribution is 2.43. The molecule has 0 aromatic carbocycles. The fourth-order valence-corrected chi connectivity index (χ4v) is 1.83. The summed E-state index contributed by atoms with van der Waals surface area (Å²) in [5, 5.41) is 8.65. The molecule has 0 heterocycles. The van der Waals surface area contributed by atoms with Crippen LogP contribution < -0.4 is 5.73 Å². The van der Waals surface area contributed by atoms with Gasteiger partial charge in [-0.25, -0.2) is 0 Å². The van der Waals surface area contributed by atoms with Crippen LogP contribution in [0.25, 0.3) is 0 Å². The zero-order chi connectivity index (χ0) is 9.73. The van der Waals surface area contributed by atoms with E-state index in [1.54, 1.807) is 0 Å². The van der Waals surface area contributed by atoms with E-state index in [0.29, 0.717) is 25.5 Å². The van der Waals surface area contributed by atoms with E-state index >= 15 is 0 Å². The van der Waals surface area contributed by atoms with Gasteiger partial charge in [-0.3, -0.25) is 0 Å². The first-order valence-electron chi connectivity index (χ1n) is 5.24. The van der Waals surface area contributed by atoms with Crippen LogP contribution in [0.1, 0.15) is 32.6 Å². The van der Waals surface area contributed by atoms with Crippen LogP contribution >= 0.6 is 0 Å². The predicted molar refractivity (Wildman–Crippen MR) is 52.5 cm³/mol. The SMILES string of the molecule is CCC(CN)(OCCCO)C1CC1. The van der Waals surface area contributed by atoms with Crippen LogP contribution in [0.15, 0.2) is 0 Å². The first kappa shape index (κ1) is 11.0. The van der Waals surface area contributed by atoms with Gasteiger partial charge in [0.15, 0.2) is 0 Å². The van der Waals surface area contributed by atoms with E-state index in [0.717, 1.165) is 6.42 Å². The molecule has 1 aliphatic rings. The molecule has 1 rings (SSSR count). The van der Waals surface area contributed by atoms with Gasteiger partial charge in [-0.15, -0.1) is 0 Å². The molecule has 0 bridgehead atoms. The molecule has 1 unspecified atom stereocenters. The Bertz CT molecular complexity index is 142. The van der Waals surface area contributed by atoms with Crippen LogP contribution in [-0.4, -0.2) is 30.5 Å². The molecule has 3 nitrogen and oxygen atoms in total. The third-order valence-electron chi connectivity index (χ3n) is 2.96. The van der Waals surface area contributed by atoms with Crippen molar-refractivity contribution in [3.63, 3.8) is 0 Å². The highest BCUT2D eigenvalue weighted by Gasteiger charge is 2.43. The van der Waals surface area contributed by atoms with Crippen molar-refractivity contribution < 1.29 is 9.84 Å². The summed E-state index contributed by atoms with van der Waals surface area (Å²) in [5.41, 5.74) is 5.67. The highest BCUT2D eigenvalue weighted by molar-refractivity contribution is 4.96. The fourth-order valence-electron chi connectivity index (χ4n) is 1.83. The molecule has 0 amide bonds. The Hall–Kier alpha value is -0.120. The van der Waals surface area contributed by atoms with Gasteiger partial charge in [0.05, 0.1) is 5.60 Å². The minimum Gasteiger partial charge on any atom is -0.396 e. The third-order valence-corrected chi connectivity index (χ3v) is 2.96. The van der Waals surface area contributed by atoms with Gasteiger partial charge in [-0.1, -0.05) is 6.92 Å². The summed E-state index contributed by atoms with van der Waals surface area (Å²) in [6, 6.07) is 0. The molecule has 1 aliphatic carbocycles. The highest BCUT2D eigenvalue weighted by atomic mass is 16.5. The van der Waals surface area contributed by atoms with Crippen molar-refractivity contribution in [3.8, 4) is 0 Å². The maximum absolute atomic E-state index is 8.65. The number of aliphatic hydroxyl groups excluding tert-OH is 1. The van der Waals surface area contributed by atoms with Gasteiger partial charge in [-0.2, -0.15) is 0 Å². The summed E-state index contributed by atoms with van der Waals surface area (Å²) >= 11 is 0. The van der Waals surface area contributed by atoms with Gasteiger partial charge < -0.3 is 15.6 Å². The van der Waals surface area contributed by atoms with Gasteiger partial charge in [0.2, 0.25) is 0 Å². The van der Waals surface area contributed by atoms with E-state index in [9.17, 15) is 0 Å². The molecular formula is C10H21NO2. The maximum Gasteiger partial charge on any atom is 0.0829 e. The minimum atomic E-state index is -0.0881. The van der Waals surface area contributed by atoms with Crippen LogP contribution in [0.3, 0.4) is 0 Å². The van der Waals surface area contributed by atoms with E-state index in [4.69, 9.17) is 15.6 Å². The van der Waals surface area contributed by atoms with Crippen molar-refractivity contribution in [2.75, 3.05) is 19.8 Å². The van der Waals surface area contributed by atoms with E-state index in [-0.39, 0.29) is 12.2 Å². The van der Waals surface area contributed by atoms with Crippen molar-refractivity contribution in [1.82, 2.24) is 0 Å². The van der Waals surface area contributed by atoms with Crippen LogP contribution in [0, 0.1) is 5.92 Å². The van der Waals surface area contributed by atoms with Crippen molar-refractivity contribution in [1.29, 1.82) is 0 Å². The second kappa shape index (κ2) is 4.94. The molecule has 0 saturated heterocycles. The number of hydrogen-bond donors (Lipinski definition) is 2. The number of rotatable bonds is 7. The Labute approximate surface area is 80.3 Å². The summed E-state index contributed by atoms with van der Waals surface area (Å²) in [4.78, 5) is 0. The summed E-state index contributed by atoms with van der Waals surface area (Å²) in [6.45, 7) is 3.58. The predicted octanol–water partition coefficient (Wildman–Crippen LogP) is 0.903. The largest absolute Gasteiger partial charge is 0.396 e. The molecule has 0 aromatic heterocycles. The van der Waals surface area contributed by atoms with Crippen molar-refractivity contribution >= 4 is 0 Å². The average molecular weight is 187 g/mol. The van der Waals surface area contributed by atoms with E-state index in [2.05, 4.69) is 6.92 Å². The van der Waals surface area contributed by atoms with Gasteiger partial charge >= 0.3 is 0 Å². The molecular weight excluding hydrogens is 166 g/mol. The van der Waals surface area contributed by atoms with Gasteiger partial charge in [0.1, 0.15) is 0 Å². The van der Waals surface area contributed by atoms with E-state index in [1.807, 2.05) is 0 Å². The van der Waals surface area contributed by atoms with E-state index < -0.39 is 0 Å². The Morgan fingerprint density at radius 1 is 1.54 bits per heavy atom. The van der Waals surface area contributed by atoms with E-state index in [1.165, 1.54) is 12.8 Å². The summed E-state index contributed by atoms with van der Waals surface area (Å²) in [7, 11) is 0. The molecule has 0 aromatic rings. The molecule has 1 fully saturated rings. The topological polar surface area (TPSA) is 55.5 Å². The number of hydrogen-bond acceptors (Lipinski definition) is 3. The van der Waals surface area contributed by atoms with Gasteiger partial charge in [0, 0.05) is 19.8 Å². The zero-order valence-corrected chi connectivity index (χ0v) is 8.46. The zero-order valence-electron chi connectivity index (χ0n) is 8.46. The third kappa shape index (κ3) is 2.66. The average Bonchev–Trinajstić information content (AvgIpc) is 2.97. The standard InChI is InChI=1S/C10H21NO2/c1-2-10(8-11,9-4-5-9)13-7-3-6-12/h9,12H,2-8,11H2,1H3. The summed E-state index contributed by atoms with van der Waals surface area (Å²) in [6.07, 6.45) is 4.21. The molecule has 1 atom stereocenters. The molecule has 78 valence electrons. The lowest BCUT2D eigenvalue weighted by atomic mass is 9.94. The van der Waals surface area contributed by atoms with Gasteiger partial charge in [0.25, 0.3) is 0 Å². The molecule has 3 heteroatoms. The molecule has 0 radical (unpaired) electrons. The molecule has 0 spiro atoms. The van der Waals surface area contributed by atoms with Crippen LogP contribution in [-0.2, 0) is 4.74 Å². The lowest BCUT2D eigenvalue weighted by Crippen LogP contribution is -2.42. The molecule has 13 heavy (non-hydrogen) atoms. The van der Waals surface area contributed by atoms with Crippen molar-refractivity contribution in [2.45, 2.75) is 38.2 Å². The Morgan fingerprint density at radius 2 is 2.23 bits per heavy atom. The van der Waals surface area contributed by atoms with Crippen molar-refractivity contribution in [2.24, 2.45) is 11.7 Å². The molecule has 0 aliphatic heterocycles. The summed E-state index contributed by atoms with van der Waals surface area (Å²) < 4.78 is 5.81. The van der Waals surface area contributed by atoms with Gasteiger partial charge in [-0.05, 0) is 31.6 Å². The Kier molecular flexibility index (Phi) is 4.16. The van der Waals surface area contributed by atoms with Crippen LogP contribution in [0.2, 0.25) is 0 Å². The number of aliphatic hydroxyl groups is 1. The quantitative estimate of drug-likeness (QED) is 0.582. The smallest absolute Gasteiger partial charge is 0.0829 e. The number of nitrogens with two attached hydrogens (primary N) is 1. The van der Waals surface area contributed by atoms with Crippen LogP contribution in [0.5, 0.6) is 0 Å². The number of ether oxygens (including phenoxy) is 1. The first-order chi connectivity index (χ1) is 6.29. The lowest BCUT2D eigenvalue weighted by Gasteiger charge is -2.31.